The molecule has 4 nitrogen and oxygen atoms in total. The van der Waals surface area contributed by atoms with Gasteiger partial charge in [0, 0.05) is 20.3 Å². The van der Waals surface area contributed by atoms with Crippen LogP contribution in [0.4, 0.5) is 5.82 Å². The molecule has 0 atom stereocenters. The van der Waals surface area contributed by atoms with Crippen LogP contribution < -0.4 is 5.32 Å². The molecule has 0 saturated carbocycles. The number of nitrogens with zero attached hydrogens (tertiary/aromatic N) is 2. The third-order valence-electron chi connectivity index (χ3n) is 1.88. The lowest BCUT2D eigenvalue weighted by Crippen LogP contribution is -2.28. The Kier molecular flexibility index (Phi) is 4.08. The number of carbonyl (C=O) groups excluding carboxylic acids is 1. The molecule has 15 heavy (non-hydrogen) atoms. The molecule has 0 bridgehead atoms. The quantitative estimate of drug-likeness (QED) is 0.910. The third-order valence-corrected chi connectivity index (χ3v) is 2.49. The van der Waals surface area contributed by atoms with E-state index in [0.29, 0.717) is 5.82 Å². The molecule has 0 aliphatic heterocycles. The molecule has 0 saturated heterocycles. The Morgan fingerprint density at radius 3 is 2.80 bits per heavy atom. The van der Waals surface area contributed by atoms with Crippen LogP contribution >= 0.6 is 15.9 Å². The van der Waals surface area contributed by atoms with Crippen molar-refractivity contribution in [2.24, 2.45) is 0 Å². The van der Waals surface area contributed by atoms with E-state index in [2.05, 4.69) is 26.2 Å². The van der Waals surface area contributed by atoms with Gasteiger partial charge in [-0.15, -0.1) is 0 Å². The minimum absolute atomic E-state index is 0.0178. The van der Waals surface area contributed by atoms with Gasteiger partial charge in [0.2, 0.25) is 5.91 Å². The van der Waals surface area contributed by atoms with E-state index in [0.717, 1.165) is 10.0 Å². The molecule has 0 aliphatic rings. The van der Waals surface area contributed by atoms with Gasteiger partial charge in [-0.1, -0.05) is 0 Å². The van der Waals surface area contributed by atoms with Gasteiger partial charge in [0.25, 0.3) is 0 Å². The number of hydrogen-bond donors (Lipinski definition) is 1. The van der Waals surface area contributed by atoms with Crippen molar-refractivity contribution < 1.29 is 4.79 Å². The lowest BCUT2D eigenvalue weighted by atomic mass is 10.3. The van der Waals surface area contributed by atoms with E-state index in [1.165, 1.54) is 4.90 Å². The first-order valence-corrected chi connectivity index (χ1v) is 5.36. The van der Waals surface area contributed by atoms with Crippen molar-refractivity contribution in [3.8, 4) is 0 Å². The summed E-state index contributed by atoms with van der Waals surface area (Å²) >= 11 is 3.38. The molecule has 5 heteroatoms. The summed E-state index contributed by atoms with van der Waals surface area (Å²) in [6, 6.07) is 1.95. The lowest BCUT2D eigenvalue weighted by molar-refractivity contribution is -0.126. The molecular weight excluding hydrogens is 258 g/mol. The van der Waals surface area contributed by atoms with E-state index >= 15 is 0 Å². The van der Waals surface area contributed by atoms with Crippen LogP contribution in [0.2, 0.25) is 0 Å². The molecule has 1 amide bonds. The maximum Gasteiger partial charge on any atom is 0.241 e. The standard InChI is InChI=1S/C10H14BrN3O/c1-7-4-8(11)10(12-5-7)13-6-9(15)14(2)3/h4-5H,6H2,1-3H3,(H,12,13). The Balaban J connectivity index is 2.62. The Morgan fingerprint density at radius 1 is 1.60 bits per heavy atom. The number of anilines is 1. The molecule has 1 aromatic rings. The Labute approximate surface area is 97.8 Å². The molecule has 0 spiro atoms. The summed E-state index contributed by atoms with van der Waals surface area (Å²) in [6.45, 7) is 2.22. The van der Waals surface area contributed by atoms with E-state index < -0.39 is 0 Å². The smallest absolute Gasteiger partial charge is 0.241 e. The van der Waals surface area contributed by atoms with Crippen LogP contribution in [0.25, 0.3) is 0 Å². The first kappa shape index (κ1) is 12.0. The second-order valence-electron chi connectivity index (χ2n) is 3.48. The van der Waals surface area contributed by atoms with Crippen molar-refractivity contribution in [2.45, 2.75) is 6.92 Å². The number of hydrogen-bond acceptors (Lipinski definition) is 3. The molecule has 0 fully saturated rings. The minimum atomic E-state index is 0.0178. The van der Waals surface area contributed by atoms with Crippen molar-refractivity contribution in [1.29, 1.82) is 0 Å². The summed E-state index contributed by atoms with van der Waals surface area (Å²) in [5, 5.41) is 2.97. The summed E-state index contributed by atoms with van der Waals surface area (Å²) in [5.74, 6) is 0.708. The molecule has 1 aromatic heterocycles. The molecule has 82 valence electrons. The minimum Gasteiger partial charge on any atom is -0.360 e. The average Bonchev–Trinajstić information content (AvgIpc) is 2.15. The first-order valence-electron chi connectivity index (χ1n) is 4.57. The maximum atomic E-state index is 11.3. The SMILES string of the molecule is Cc1cnc(NCC(=O)N(C)C)c(Br)c1. The normalized spacial score (nSPS) is 9.87. The molecule has 1 N–H and O–H groups in total. The van der Waals surface area contributed by atoms with Gasteiger partial charge >= 0.3 is 0 Å². The zero-order chi connectivity index (χ0) is 11.4. The van der Waals surface area contributed by atoms with Crippen LogP contribution in [-0.4, -0.2) is 36.4 Å². The van der Waals surface area contributed by atoms with E-state index in [1.807, 2.05) is 13.0 Å². The third kappa shape index (κ3) is 3.51. The number of carbonyl (C=O) groups is 1. The lowest BCUT2D eigenvalue weighted by Gasteiger charge is -2.12. The fourth-order valence-corrected chi connectivity index (χ4v) is 1.58. The number of aryl methyl sites for hydroxylation is 1. The maximum absolute atomic E-state index is 11.3. The van der Waals surface area contributed by atoms with Crippen LogP contribution in [0.5, 0.6) is 0 Å². The highest BCUT2D eigenvalue weighted by atomic mass is 79.9. The molecule has 0 unspecified atom stereocenters. The highest BCUT2D eigenvalue weighted by Crippen LogP contribution is 2.19. The van der Waals surface area contributed by atoms with Crippen LogP contribution in [0.1, 0.15) is 5.56 Å². The van der Waals surface area contributed by atoms with Gasteiger partial charge in [0.1, 0.15) is 5.82 Å². The largest absolute Gasteiger partial charge is 0.360 e. The van der Waals surface area contributed by atoms with Crippen LogP contribution in [0.15, 0.2) is 16.7 Å². The fourth-order valence-electron chi connectivity index (χ4n) is 0.981. The van der Waals surface area contributed by atoms with Crippen molar-refractivity contribution in [3.63, 3.8) is 0 Å². The fraction of sp³-hybridized carbons (Fsp3) is 0.400. The van der Waals surface area contributed by atoms with Gasteiger partial charge in [-0.05, 0) is 34.5 Å². The molecule has 0 radical (unpaired) electrons. The molecule has 1 rings (SSSR count). The van der Waals surface area contributed by atoms with Crippen LogP contribution in [-0.2, 0) is 4.79 Å². The van der Waals surface area contributed by atoms with Crippen molar-refractivity contribution >= 4 is 27.7 Å². The van der Waals surface area contributed by atoms with Gasteiger partial charge in [-0.25, -0.2) is 4.98 Å². The zero-order valence-electron chi connectivity index (χ0n) is 9.04. The summed E-state index contributed by atoms with van der Waals surface area (Å²) in [4.78, 5) is 17.0. The van der Waals surface area contributed by atoms with E-state index in [9.17, 15) is 4.79 Å². The number of likely N-dealkylation sites (N-methyl/N-ethyl adjacent to an activating group) is 1. The van der Waals surface area contributed by atoms with Crippen LogP contribution in [0, 0.1) is 6.92 Å². The number of rotatable bonds is 3. The predicted molar refractivity (Wildman–Crippen MR) is 63.9 cm³/mol. The van der Waals surface area contributed by atoms with Gasteiger partial charge < -0.3 is 10.2 Å². The van der Waals surface area contributed by atoms with E-state index in [4.69, 9.17) is 0 Å². The monoisotopic (exact) mass is 271 g/mol. The van der Waals surface area contributed by atoms with E-state index in [1.54, 1.807) is 20.3 Å². The van der Waals surface area contributed by atoms with Crippen molar-refractivity contribution in [3.05, 3.63) is 22.3 Å². The van der Waals surface area contributed by atoms with Gasteiger partial charge in [-0.2, -0.15) is 0 Å². The highest BCUT2D eigenvalue weighted by Gasteiger charge is 2.06. The summed E-state index contributed by atoms with van der Waals surface area (Å²) in [5.41, 5.74) is 1.08. The van der Waals surface area contributed by atoms with Gasteiger partial charge in [-0.3, -0.25) is 4.79 Å². The molecule has 0 aliphatic carbocycles. The number of aromatic nitrogens is 1. The van der Waals surface area contributed by atoms with Crippen LogP contribution in [0.3, 0.4) is 0 Å². The second-order valence-corrected chi connectivity index (χ2v) is 4.34. The van der Waals surface area contributed by atoms with Gasteiger partial charge in [0.15, 0.2) is 0 Å². The Hall–Kier alpha value is -1.10. The second kappa shape index (κ2) is 5.11. The number of halogens is 1. The first-order chi connectivity index (χ1) is 7.00. The molecular formula is C10H14BrN3O. The topological polar surface area (TPSA) is 45.2 Å². The zero-order valence-corrected chi connectivity index (χ0v) is 10.6. The number of amides is 1. The Morgan fingerprint density at radius 2 is 2.27 bits per heavy atom. The highest BCUT2D eigenvalue weighted by molar-refractivity contribution is 9.10. The summed E-state index contributed by atoms with van der Waals surface area (Å²) in [7, 11) is 3.45. The molecule has 0 aromatic carbocycles. The van der Waals surface area contributed by atoms with Gasteiger partial charge in [0.05, 0.1) is 11.0 Å². The van der Waals surface area contributed by atoms with Crippen molar-refractivity contribution in [1.82, 2.24) is 9.88 Å². The number of pyridine rings is 1. The summed E-state index contributed by atoms with van der Waals surface area (Å²) < 4.78 is 0.869. The Bertz CT molecular complexity index is 366. The predicted octanol–water partition coefficient (Wildman–Crippen LogP) is 1.65. The molecule has 1 heterocycles. The van der Waals surface area contributed by atoms with Crippen molar-refractivity contribution in [2.75, 3.05) is 26.0 Å². The number of nitrogens with one attached hydrogen (secondary N) is 1. The summed E-state index contributed by atoms with van der Waals surface area (Å²) in [6.07, 6.45) is 1.76. The average molecular weight is 272 g/mol. The van der Waals surface area contributed by atoms with E-state index in [-0.39, 0.29) is 12.5 Å².